The molecule has 0 aliphatic carbocycles. The zero-order valence-corrected chi connectivity index (χ0v) is 9.60. The van der Waals surface area contributed by atoms with Crippen LogP contribution in [-0.4, -0.2) is 21.0 Å². The minimum Gasteiger partial charge on any atom is -0.352 e. The summed E-state index contributed by atoms with van der Waals surface area (Å²) in [5, 5.41) is 3.31. The third-order valence-electron chi connectivity index (χ3n) is 1.68. The van der Waals surface area contributed by atoms with Crippen molar-refractivity contribution in [2.75, 3.05) is 5.32 Å². The van der Waals surface area contributed by atoms with E-state index in [1.807, 2.05) is 0 Å². The zero-order chi connectivity index (χ0) is 10.6. The number of rotatable bonds is 4. The fourth-order valence-corrected chi connectivity index (χ4v) is 1.48. The Labute approximate surface area is 93.1 Å². The first kappa shape index (κ1) is 11.5. The minimum atomic E-state index is 0.108. The summed E-state index contributed by atoms with van der Waals surface area (Å²) in [5.74, 6) is 0.427. The molecule has 6 heteroatoms. The van der Waals surface area contributed by atoms with Gasteiger partial charge in [0.2, 0.25) is 16.5 Å². The van der Waals surface area contributed by atoms with E-state index in [2.05, 4.69) is 34.1 Å². The monoisotopic (exact) mass is 234 g/mol. The van der Waals surface area contributed by atoms with Gasteiger partial charge in [-0.15, -0.1) is 0 Å². The van der Waals surface area contributed by atoms with Gasteiger partial charge in [0.1, 0.15) is 0 Å². The van der Waals surface area contributed by atoms with E-state index >= 15 is 0 Å². The van der Waals surface area contributed by atoms with Crippen LogP contribution in [0.3, 0.4) is 0 Å². The Morgan fingerprint density at radius 3 is 2.29 bits per heavy atom. The molecule has 0 aliphatic rings. The van der Waals surface area contributed by atoms with E-state index in [9.17, 15) is 0 Å². The number of hydrogen-bond acceptors (Lipinski definition) is 4. The molecular weight excluding hydrogens is 223 g/mol. The standard InChI is InChI=1S/C8H12Cl2N4/c1-3-4-5(2)11-8-13-6(9)12-7(10)14-8/h5H,3-4H2,1-2H3,(H,11,12,13,14). The largest absolute Gasteiger partial charge is 0.352 e. The van der Waals surface area contributed by atoms with Crippen molar-refractivity contribution in [2.45, 2.75) is 32.7 Å². The molecule has 0 radical (unpaired) electrons. The highest BCUT2D eigenvalue weighted by Crippen LogP contribution is 2.11. The molecule has 14 heavy (non-hydrogen) atoms. The number of halogens is 2. The average Bonchev–Trinajstić information content (AvgIpc) is 2.01. The summed E-state index contributed by atoms with van der Waals surface area (Å²) >= 11 is 11.2. The molecule has 78 valence electrons. The molecule has 0 bridgehead atoms. The van der Waals surface area contributed by atoms with Gasteiger partial charge in [0, 0.05) is 6.04 Å². The summed E-state index contributed by atoms with van der Waals surface area (Å²) in [6.45, 7) is 4.17. The third kappa shape index (κ3) is 3.64. The van der Waals surface area contributed by atoms with Crippen LogP contribution in [0.2, 0.25) is 10.6 Å². The van der Waals surface area contributed by atoms with Crippen molar-refractivity contribution in [3.63, 3.8) is 0 Å². The van der Waals surface area contributed by atoms with Crippen molar-refractivity contribution in [1.29, 1.82) is 0 Å². The van der Waals surface area contributed by atoms with Crippen LogP contribution in [0.5, 0.6) is 0 Å². The van der Waals surface area contributed by atoms with Crippen LogP contribution >= 0.6 is 23.2 Å². The summed E-state index contributed by atoms with van der Waals surface area (Å²) < 4.78 is 0. The molecule has 1 unspecified atom stereocenters. The molecule has 0 amide bonds. The molecule has 0 saturated heterocycles. The number of nitrogens with one attached hydrogen (secondary N) is 1. The van der Waals surface area contributed by atoms with E-state index in [1.54, 1.807) is 0 Å². The van der Waals surface area contributed by atoms with Gasteiger partial charge in [-0.2, -0.15) is 15.0 Å². The van der Waals surface area contributed by atoms with E-state index < -0.39 is 0 Å². The first-order chi connectivity index (χ1) is 6.61. The molecule has 0 spiro atoms. The van der Waals surface area contributed by atoms with Gasteiger partial charge in [0.25, 0.3) is 0 Å². The number of anilines is 1. The second-order valence-corrected chi connectivity index (χ2v) is 3.71. The van der Waals surface area contributed by atoms with Crippen LogP contribution in [0, 0.1) is 0 Å². The Morgan fingerprint density at radius 2 is 1.79 bits per heavy atom. The maximum Gasteiger partial charge on any atom is 0.228 e. The van der Waals surface area contributed by atoms with Crippen LogP contribution in [-0.2, 0) is 0 Å². The highest BCUT2D eigenvalue weighted by atomic mass is 35.5. The van der Waals surface area contributed by atoms with Crippen molar-refractivity contribution in [3.05, 3.63) is 10.6 Å². The molecule has 1 aromatic heterocycles. The summed E-state index contributed by atoms with van der Waals surface area (Å²) in [7, 11) is 0. The van der Waals surface area contributed by atoms with Crippen molar-refractivity contribution in [3.8, 4) is 0 Å². The Kier molecular flexibility index (Phi) is 4.35. The number of nitrogens with zero attached hydrogens (tertiary/aromatic N) is 3. The molecule has 1 heterocycles. The lowest BCUT2D eigenvalue weighted by Gasteiger charge is -2.11. The third-order valence-corrected chi connectivity index (χ3v) is 2.02. The predicted molar refractivity (Wildman–Crippen MR) is 57.8 cm³/mol. The molecule has 1 atom stereocenters. The second kappa shape index (κ2) is 5.32. The van der Waals surface area contributed by atoms with Crippen LogP contribution < -0.4 is 5.32 Å². The van der Waals surface area contributed by atoms with Crippen molar-refractivity contribution in [1.82, 2.24) is 15.0 Å². The van der Waals surface area contributed by atoms with Crippen LogP contribution in [0.4, 0.5) is 5.95 Å². The molecule has 0 fully saturated rings. The first-order valence-electron chi connectivity index (χ1n) is 4.45. The van der Waals surface area contributed by atoms with Gasteiger partial charge in [0.15, 0.2) is 0 Å². The van der Waals surface area contributed by atoms with Gasteiger partial charge in [-0.25, -0.2) is 0 Å². The summed E-state index contributed by atoms with van der Waals surface area (Å²) in [6.07, 6.45) is 2.14. The minimum absolute atomic E-state index is 0.108. The summed E-state index contributed by atoms with van der Waals surface area (Å²) in [4.78, 5) is 11.5. The zero-order valence-electron chi connectivity index (χ0n) is 8.09. The molecule has 1 rings (SSSR count). The van der Waals surface area contributed by atoms with E-state index in [-0.39, 0.29) is 10.6 Å². The van der Waals surface area contributed by atoms with Crippen LogP contribution in [0.1, 0.15) is 26.7 Å². The Hall–Kier alpha value is -0.610. The summed E-state index contributed by atoms with van der Waals surface area (Å²) in [5.41, 5.74) is 0. The SMILES string of the molecule is CCCC(C)Nc1nc(Cl)nc(Cl)n1. The van der Waals surface area contributed by atoms with Crippen molar-refractivity contribution in [2.24, 2.45) is 0 Å². The van der Waals surface area contributed by atoms with Crippen LogP contribution in [0.25, 0.3) is 0 Å². The predicted octanol–water partition coefficient (Wildman–Crippen LogP) is 2.78. The molecule has 1 aromatic rings. The van der Waals surface area contributed by atoms with Gasteiger partial charge in [-0.3, -0.25) is 0 Å². The smallest absolute Gasteiger partial charge is 0.228 e. The average molecular weight is 235 g/mol. The highest BCUT2D eigenvalue weighted by Gasteiger charge is 2.05. The van der Waals surface area contributed by atoms with Gasteiger partial charge >= 0.3 is 0 Å². The molecule has 0 saturated carbocycles. The van der Waals surface area contributed by atoms with E-state index in [0.717, 1.165) is 12.8 Å². The normalized spacial score (nSPS) is 12.6. The first-order valence-corrected chi connectivity index (χ1v) is 5.21. The highest BCUT2D eigenvalue weighted by molar-refractivity contribution is 6.31. The van der Waals surface area contributed by atoms with Crippen molar-refractivity contribution < 1.29 is 0 Å². The Bertz CT molecular complexity index is 285. The van der Waals surface area contributed by atoms with Gasteiger partial charge in [-0.05, 0) is 36.5 Å². The lowest BCUT2D eigenvalue weighted by Crippen LogP contribution is -2.16. The maximum atomic E-state index is 5.62. The Balaban J connectivity index is 2.66. The van der Waals surface area contributed by atoms with Crippen LogP contribution in [0.15, 0.2) is 0 Å². The summed E-state index contributed by atoms with van der Waals surface area (Å²) in [6, 6.07) is 0.300. The van der Waals surface area contributed by atoms with Crippen molar-refractivity contribution >= 4 is 29.2 Å². The lowest BCUT2D eigenvalue weighted by molar-refractivity contribution is 0.683. The molecule has 0 aliphatic heterocycles. The fraction of sp³-hybridized carbons (Fsp3) is 0.625. The molecule has 0 aromatic carbocycles. The Morgan fingerprint density at radius 1 is 1.21 bits per heavy atom. The number of aromatic nitrogens is 3. The maximum absolute atomic E-state index is 5.62. The van der Waals surface area contributed by atoms with E-state index in [4.69, 9.17) is 23.2 Å². The van der Waals surface area contributed by atoms with Gasteiger partial charge in [-0.1, -0.05) is 13.3 Å². The van der Waals surface area contributed by atoms with E-state index in [0.29, 0.717) is 12.0 Å². The second-order valence-electron chi connectivity index (χ2n) is 3.03. The number of hydrogen-bond donors (Lipinski definition) is 1. The topological polar surface area (TPSA) is 50.7 Å². The van der Waals surface area contributed by atoms with E-state index in [1.165, 1.54) is 0 Å². The molecule has 1 N–H and O–H groups in total. The fourth-order valence-electron chi connectivity index (χ4n) is 1.12. The quantitative estimate of drug-likeness (QED) is 0.871. The molecular formula is C8H12Cl2N4. The lowest BCUT2D eigenvalue weighted by atomic mass is 10.2. The van der Waals surface area contributed by atoms with Gasteiger partial charge in [0.05, 0.1) is 0 Å². The van der Waals surface area contributed by atoms with Gasteiger partial charge < -0.3 is 5.32 Å². The molecule has 4 nitrogen and oxygen atoms in total.